The summed E-state index contributed by atoms with van der Waals surface area (Å²) in [5, 5.41) is 0. The minimum Gasteiger partial charge on any atom is -0.493 e. The van der Waals surface area contributed by atoms with Crippen molar-refractivity contribution in [1.82, 2.24) is 9.55 Å². The van der Waals surface area contributed by atoms with Gasteiger partial charge in [0.15, 0.2) is 23.1 Å². The number of hydrogen-bond acceptors (Lipinski definition) is 4. The summed E-state index contributed by atoms with van der Waals surface area (Å²) in [6, 6.07) is 17.9. The third-order valence-electron chi connectivity index (χ3n) is 4.79. The second-order valence-corrected chi connectivity index (χ2v) is 6.73. The average Bonchev–Trinajstić information content (AvgIpc) is 3.40. The van der Waals surface area contributed by atoms with E-state index in [2.05, 4.69) is 17.2 Å². The molecule has 2 aromatic heterocycles. The topological polar surface area (TPSA) is 49.4 Å². The maximum Gasteiger partial charge on any atom is 0.177 e. The van der Waals surface area contributed by atoms with Gasteiger partial charge in [0.05, 0.1) is 31.0 Å². The van der Waals surface area contributed by atoms with Crippen molar-refractivity contribution in [1.29, 1.82) is 0 Å². The lowest BCUT2D eigenvalue weighted by Crippen LogP contribution is -2.06. The number of furan rings is 1. The number of allylic oxidation sites excluding steroid dienone is 1. The van der Waals surface area contributed by atoms with Crippen LogP contribution in [0.15, 0.2) is 77.9 Å². The minimum atomic E-state index is 0.571. The monoisotopic (exact) mass is 388 g/mol. The molecule has 5 heteroatoms. The first-order chi connectivity index (χ1) is 14.3. The molecule has 29 heavy (non-hydrogen) atoms. The summed E-state index contributed by atoms with van der Waals surface area (Å²) in [4.78, 5) is 4.75. The van der Waals surface area contributed by atoms with Crippen LogP contribution in [-0.4, -0.2) is 23.3 Å². The number of methoxy groups -OCH3 is 1. The largest absolute Gasteiger partial charge is 0.493 e. The van der Waals surface area contributed by atoms with Crippen molar-refractivity contribution in [3.05, 3.63) is 79.1 Å². The Balaban J connectivity index is 1.47. The molecule has 0 aliphatic heterocycles. The molecule has 0 saturated carbocycles. The van der Waals surface area contributed by atoms with Gasteiger partial charge in [-0.1, -0.05) is 24.3 Å². The van der Waals surface area contributed by atoms with Gasteiger partial charge in [0.1, 0.15) is 0 Å². The van der Waals surface area contributed by atoms with E-state index < -0.39 is 0 Å². The number of aryl methyl sites for hydroxylation is 1. The molecule has 2 heterocycles. The van der Waals surface area contributed by atoms with Gasteiger partial charge in [-0.3, -0.25) is 0 Å². The number of benzene rings is 2. The standard InChI is InChI=1S/C24H24N2O3/c1-3-8-18-12-13-21(23(17-18)27-2)28-16-7-14-26-20-10-5-4-9-19(20)25-24(26)22-11-6-15-29-22/h3-6,9-13,15,17H,1,7-8,14,16H2,2H3. The van der Waals surface area contributed by atoms with Crippen LogP contribution >= 0.6 is 0 Å². The van der Waals surface area contributed by atoms with Crippen molar-refractivity contribution in [2.75, 3.05) is 13.7 Å². The van der Waals surface area contributed by atoms with E-state index in [1.54, 1.807) is 13.4 Å². The molecule has 2 aromatic carbocycles. The highest BCUT2D eigenvalue weighted by Gasteiger charge is 2.14. The number of imidazole rings is 1. The second kappa shape index (κ2) is 8.69. The third kappa shape index (κ3) is 4.04. The normalized spacial score (nSPS) is 10.9. The predicted molar refractivity (Wildman–Crippen MR) is 114 cm³/mol. The lowest BCUT2D eigenvalue weighted by molar-refractivity contribution is 0.283. The van der Waals surface area contributed by atoms with Crippen LogP contribution < -0.4 is 9.47 Å². The van der Waals surface area contributed by atoms with Gasteiger partial charge in [0, 0.05) is 6.54 Å². The molecule has 0 spiro atoms. The van der Waals surface area contributed by atoms with E-state index in [1.807, 2.05) is 54.6 Å². The molecule has 0 aliphatic carbocycles. The summed E-state index contributed by atoms with van der Waals surface area (Å²) in [6.45, 7) is 5.12. The Morgan fingerprint density at radius 2 is 2.00 bits per heavy atom. The second-order valence-electron chi connectivity index (χ2n) is 6.73. The lowest BCUT2D eigenvalue weighted by atomic mass is 10.1. The molecule has 0 fully saturated rings. The Hall–Kier alpha value is -3.47. The molecule has 0 bridgehead atoms. The first-order valence-corrected chi connectivity index (χ1v) is 9.70. The van der Waals surface area contributed by atoms with E-state index in [1.165, 1.54) is 0 Å². The van der Waals surface area contributed by atoms with Gasteiger partial charge >= 0.3 is 0 Å². The molecule has 0 aliphatic rings. The van der Waals surface area contributed by atoms with Gasteiger partial charge in [-0.15, -0.1) is 6.58 Å². The fraction of sp³-hybridized carbons (Fsp3) is 0.208. The molecule has 148 valence electrons. The van der Waals surface area contributed by atoms with Gasteiger partial charge in [-0.05, 0) is 54.8 Å². The number of rotatable bonds is 9. The van der Waals surface area contributed by atoms with E-state index >= 15 is 0 Å². The number of fused-ring (bicyclic) bond motifs is 1. The Morgan fingerprint density at radius 1 is 1.10 bits per heavy atom. The van der Waals surface area contributed by atoms with E-state index in [9.17, 15) is 0 Å². The summed E-state index contributed by atoms with van der Waals surface area (Å²) in [5.41, 5.74) is 3.20. The highest BCUT2D eigenvalue weighted by atomic mass is 16.5. The van der Waals surface area contributed by atoms with Crippen LogP contribution in [0.2, 0.25) is 0 Å². The molecule has 5 nitrogen and oxygen atoms in total. The Labute approximate surface area is 170 Å². The third-order valence-corrected chi connectivity index (χ3v) is 4.79. The van der Waals surface area contributed by atoms with Crippen molar-refractivity contribution in [3.63, 3.8) is 0 Å². The highest BCUT2D eigenvalue weighted by Crippen LogP contribution is 2.29. The van der Waals surface area contributed by atoms with Gasteiger partial charge in [0.25, 0.3) is 0 Å². The number of ether oxygens (including phenoxy) is 2. The van der Waals surface area contributed by atoms with Crippen molar-refractivity contribution >= 4 is 11.0 Å². The van der Waals surface area contributed by atoms with Crippen LogP contribution in [0, 0.1) is 0 Å². The Bertz CT molecular complexity index is 1100. The fourth-order valence-electron chi connectivity index (χ4n) is 3.43. The van der Waals surface area contributed by atoms with Crippen LogP contribution in [-0.2, 0) is 13.0 Å². The van der Waals surface area contributed by atoms with E-state index in [-0.39, 0.29) is 0 Å². The number of hydrogen-bond donors (Lipinski definition) is 0. The highest BCUT2D eigenvalue weighted by molar-refractivity contribution is 5.79. The van der Waals surface area contributed by atoms with Crippen molar-refractivity contribution < 1.29 is 13.9 Å². The molecule has 4 rings (SSSR count). The molecule has 0 saturated heterocycles. The summed E-state index contributed by atoms with van der Waals surface area (Å²) >= 11 is 0. The van der Waals surface area contributed by atoms with E-state index in [0.717, 1.165) is 59.1 Å². The molecular weight excluding hydrogens is 364 g/mol. The predicted octanol–water partition coefficient (Wildman–Crippen LogP) is 5.50. The first kappa shape index (κ1) is 18.9. The maximum atomic E-state index is 5.99. The van der Waals surface area contributed by atoms with E-state index in [0.29, 0.717) is 6.61 Å². The molecular formula is C24H24N2O3. The average molecular weight is 388 g/mol. The van der Waals surface area contributed by atoms with Crippen LogP contribution in [0.5, 0.6) is 11.5 Å². The molecule has 4 aromatic rings. The van der Waals surface area contributed by atoms with Crippen molar-refractivity contribution in [3.8, 4) is 23.1 Å². The van der Waals surface area contributed by atoms with Gasteiger partial charge in [-0.25, -0.2) is 4.98 Å². The zero-order valence-electron chi connectivity index (χ0n) is 16.5. The van der Waals surface area contributed by atoms with Crippen molar-refractivity contribution in [2.45, 2.75) is 19.4 Å². The molecule has 0 unspecified atom stereocenters. The molecule has 0 atom stereocenters. The molecule has 0 amide bonds. The number of para-hydroxylation sites is 2. The van der Waals surface area contributed by atoms with Gasteiger partial charge in [-0.2, -0.15) is 0 Å². The zero-order valence-corrected chi connectivity index (χ0v) is 16.5. The molecule has 0 N–H and O–H groups in total. The summed E-state index contributed by atoms with van der Waals surface area (Å²) in [6.07, 6.45) is 5.18. The summed E-state index contributed by atoms with van der Waals surface area (Å²) in [7, 11) is 1.66. The lowest BCUT2D eigenvalue weighted by Gasteiger charge is -2.13. The first-order valence-electron chi connectivity index (χ1n) is 9.70. The minimum absolute atomic E-state index is 0.571. The van der Waals surface area contributed by atoms with Crippen LogP contribution in [0.25, 0.3) is 22.6 Å². The number of aromatic nitrogens is 2. The Morgan fingerprint density at radius 3 is 2.79 bits per heavy atom. The quantitative estimate of drug-likeness (QED) is 0.280. The smallest absolute Gasteiger partial charge is 0.177 e. The van der Waals surface area contributed by atoms with Gasteiger partial charge in [0.2, 0.25) is 0 Å². The fourth-order valence-corrected chi connectivity index (χ4v) is 3.43. The van der Waals surface area contributed by atoms with E-state index in [4.69, 9.17) is 18.9 Å². The maximum absolute atomic E-state index is 5.99. The zero-order chi connectivity index (χ0) is 20.1. The molecule has 0 radical (unpaired) electrons. The van der Waals surface area contributed by atoms with Gasteiger partial charge < -0.3 is 18.5 Å². The van der Waals surface area contributed by atoms with Crippen LogP contribution in [0.1, 0.15) is 12.0 Å². The van der Waals surface area contributed by atoms with Crippen LogP contribution in [0.3, 0.4) is 0 Å². The SMILES string of the molecule is C=CCc1ccc(OCCCn2c(-c3ccco3)nc3ccccc32)c(OC)c1. The Kier molecular flexibility index (Phi) is 5.66. The number of nitrogens with zero attached hydrogens (tertiary/aromatic N) is 2. The summed E-state index contributed by atoms with van der Waals surface area (Å²) in [5.74, 6) is 3.10. The van der Waals surface area contributed by atoms with Crippen LogP contribution in [0.4, 0.5) is 0 Å². The van der Waals surface area contributed by atoms with Crippen molar-refractivity contribution in [2.24, 2.45) is 0 Å². The summed E-state index contributed by atoms with van der Waals surface area (Å²) < 4.78 is 19.2.